The highest BCUT2D eigenvalue weighted by atomic mass is 16.5. The van der Waals surface area contributed by atoms with E-state index in [0.29, 0.717) is 45.0 Å². The maximum atomic E-state index is 13.0. The van der Waals surface area contributed by atoms with E-state index in [1.54, 1.807) is 6.07 Å². The number of hydrogen-bond donors (Lipinski definition) is 0. The summed E-state index contributed by atoms with van der Waals surface area (Å²) in [6, 6.07) is 14.1. The van der Waals surface area contributed by atoms with Crippen molar-refractivity contribution < 1.29 is 14.3 Å². The minimum Gasteiger partial charge on any atom is -0.378 e. The molecule has 174 valence electrons. The predicted molar refractivity (Wildman–Crippen MR) is 128 cm³/mol. The Bertz CT molecular complexity index is 1030. The van der Waals surface area contributed by atoms with Crippen molar-refractivity contribution in [2.75, 3.05) is 71.0 Å². The second kappa shape index (κ2) is 9.53. The van der Waals surface area contributed by atoms with Crippen LogP contribution in [0.25, 0.3) is 0 Å². The van der Waals surface area contributed by atoms with Crippen LogP contribution in [-0.2, 0) is 17.7 Å². The summed E-state index contributed by atoms with van der Waals surface area (Å²) in [5, 5.41) is 0. The van der Waals surface area contributed by atoms with Crippen LogP contribution in [-0.4, -0.2) is 92.6 Å². The van der Waals surface area contributed by atoms with Gasteiger partial charge in [-0.15, -0.1) is 0 Å². The molecule has 2 fully saturated rings. The number of fused-ring (bicyclic) bond motifs is 1. The molecular weight excluding hydrogens is 416 g/mol. The lowest BCUT2D eigenvalue weighted by Gasteiger charge is -2.35. The molecule has 3 aliphatic heterocycles. The zero-order valence-electron chi connectivity index (χ0n) is 19.3. The summed E-state index contributed by atoms with van der Waals surface area (Å²) in [4.78, 5) is 34.4. The molecule has 2 aromatic carbocycles. The van der Waals surface area contributed by atoms with E-state index >= 15 is 0 Å². The fourth-order valence-corrected chi connectivity index (χ4v) is 4.98. The van der Waals surface area contributed by atoms with Crippen molar-refractivity contribution in [3.05, 3.63) is 64.7 Å². The average Bonchev–Trinajstić information content (AvgIpc) is 3.18. The lowest BCUT2D eigenvalue weighted by atomic mass is 10.1. The molecular formula is C26H32N4O3. The van der Waals surface area contributed by atoms with Crippen molar-refractivity contribution in [3.63, 3.8) is 0 Å². The zero-order valence-corrected chi connectivity index (χ0v) is 19.3. The fraction of sp³-hybridized carbons (Fsp3) is 0.462. The molecule has 2 saturated heterocycles. The number of benzene rings is 2. The Hall–Kier alpha value is -2.90. The molecule has 2 amide bonds. The molecule has 0 saturated carbocycles. The van der Waals surface area contributed by atoms with Crippen LogP contribution in [0, 0.1) is 0 Å². The molecule has 0 aromatic heterocycles. The minimum absolute atomic E-state index is 0.0214. The van der Waals surface area contributed by atoms with Crippen LogP contribution in [0.2, 0.25) is 0 Å². The van der Waals surface area contributed by atoms with Crippen molar-refractivity contribution >= 4 is 17.5 Å². The number of anilines is 1. The highest BCUT2D eigenvalue weighted by Crippen LogP contribution is 2.27. The quantitative estimate of drug-likeness (QED) is 0.701. The van der Waals surface area contributed by atoms with Crippen LogP contribution < -0.4 is 4.90 Å². The molecule has 7 heteroatoms. The fourth-order valence-electron chi connectivity index (χ4n) is 4.98. The Balaban J connectivity index is 1.25. The van der Waals surface area contributed by atoms with E-state index in [1.807, 2.05) is 21.9 Å². The molecule has 0 bridgehead atoms. The number of nitrogens with zero attached hydrogens (tertiary/aromatic N) is 4. The van der Waals surface area contributed by atoms with Crippen molar-refractivity contribution in [1.29, 1.82) is 0 Å². The first kappa shape index (κ1) is 21.9. The van der Waals surface area contributed by atoms with Crippen LogP contribution in [0.4, 0.5) is 5.69 Å². The van der Waals surface area contributed by atoms with Gasteiger partial charge in [0.15, 0.2) is 0 Å². The lowest BCUT2D eigenvalue weighted by molar-refractivity contribution is 0.0303. The van der Waals surface area contributed by atoms with Gasteiger partial charge in [0.2, 0.25) is 0 Å². The first-order valence-corrected chi connectivity index (χ1v) is 11.9. The third kappa shape index (κ3) is 4.61. The van der Waals surface area contributed by atoms with E-state index in [4.69, 9.17) is 4.74 Å². The number of likely N-dealkylation sites (N-methyl/N-ethyl adjacent to an activating group) is 1. The maximum absolute atomic E-state index is 13.0. The Morgan fingerprint density at radius 2 is 1.73 bits per heavy atom. The molecule has 3 aliphatic rings. The third-order valence-electron chi connectivity index (χ3n) is 7.02. The van der Waals surface area contributed by atoms with Gasteiger partial charge in [-0.3, -0.25) is 9.59 Å². The van der Waals surface area contributed by atoms with Gasteiger partial charge >= 0.3 is 0 Å². The van der Waals surface area contributed by atoms with E-state index < -0.39 is 0 Å². The summed E-state index contributed by atoms with van der Waals surface area (Å²) in [6.07, 6.45) is 0.821. The van der Waals surface area contributed by atoms with Gasteiger partial charge in [-0.2, -0.15) is 0 Å². The number of rotatable bonds is 5. The van der Waals surface area contributed by atoms with Crippen molar-refractivity contribution in [3.8, 4) is 0 Å². The van der Waals surface area contributed by atoms with Gasteiger partial charge < -0.3 is 24.3 Å². The largest absolute Gasteiger partial charge is 0.378 e. The summed E-state index contributed by atoms with van der Waals surface area (Å²) in [7, 11) is 2.17. The smallest absolute Gasteiger partial charge is 0.254 e. The Morgan fingerprint density at radius 1 is 0.970 bits per heavy atom. The SMILES string of the molecule is CN1CCN(c2ccccc2CCN2Cc3cc(C(=O)N4CCOCC4)ccc3C2=O)CC1. The van der Waals surface area contributed by atoms with E-state index in [0.717, 1.165) is 43.7 Å². The molecule has 0 atom stereocenters. The number of carbonyl (C=O) groups excluding carboxylic acids is 2. The normalized spacial score (nSPS) is 19.2. The van der Waals surface area contributed by atoms with Crippen molar-refractivity contribution in [1.82, 2.24) is 14.7 Å². The molecule has 7 nitrogen and oxygen atoms in total. The number of carbonyl (C=O) groups is 2. The molecule has 33 heavy (non-hydrogen) atoms. The van der Waals surface area contributed by atoms with Gasteiger partial charge in [0.1, 0.15) is 0 Å². The maximum Gasteiger partial charge on any atom is 0.254 e. The van der Waals surface area contributed by atoms with Gasteiger partial charge in [-0.1, -0.05) is 18.2 Å². The topological polar surface area (TPSA) is 56.3 Å². The highest BCUT2D eigenvalue weighted by Gasteiger charge is 2.29. The molecule has 0 unspecified atom stereocenters. The average molecular weight is 449 g/mol. The molecule has 0 aliphatic carbocycles. The molecule has 0 spiro atoms. The van der Waals surface area contributed by atoms with Crippen LogP contribution in [0.1, 0.15) is 31.8 Å². The lowest BCUT2D eigenvalue weighted by Crippen LogP contribution is -2.44. The van der Waals surface area contributed by atoms with Gasteiger partial charge in [-0.25, -0.2) is 0 Å². The second-order valence-electron chi connectivity index (χ2n) is 9.17. The van der Waals surface area contributed by atoms with Gasteiger partial charge in [0.05, 0.1) is 13.2 Å². The van der Waals surface area contributed by atoms with E-state index in [-0.39, 0.29) is 11.8 Å². The number of hydrogen-bond acceptors (Lipinski definition) is 5. The number of morpholine rings is 1. The summed E-state index contributed by atoms with van der Waals surface area (Å²) in [5.41, 5.74) is 4.90. The monoisotopic (exact) mass is 448 g/mol. The first-order valence-electron chi connectivity index (χ1n) is 11.9. The van der Waals surface area contributed by atoms with Gasteiger partial charge in [0.25, 0.3) is 11.8 Å². The van der Waals surface area contributed by atoms with Crippen LogP contribution in [0.3, 0.4) is 0 Å². The predicted octanol–water partition coefficient (Wildman–Crippen LogP) is 2.11. The Labute approximate surface area is 195 Å². The van der Waals surface area contributed by atoms with Gasteiger partial charge in [-0.05, 0) is 48.9 Å². The molecule has 0 radical (unpaired) electrons. The zero-order chi connectivity index (χ0) is 22.8. The molecule has 3 heterocycles. The molecule has 0 N–H and O–H groups in total. The summed E-state index contributed by atoms with van der Waals surface area (Å²) in [5.74, 6) is 0.0838. The van der Waals surface area contributed by atoms with Crippen LogP contribution in [0.5, 0.6) is 0 Å². The second-order valence-corrected chi connectivity index (χ2v) is 9.17. The van der Waals surface area contributed by atoms with E-state index in [2.05, 4.69) is 41.1 Å². The van der Waals surface area contributed by atoms with Crippen molar-refractivity contribution in [2.45, 2.75) is 13.0 Å². The minimum atomic E-state index is 0.0214. The summed E-state index contributed by atoms with van der Waals surface area (Å²) in [6.45, 7) is 7.83. The van der Waals surface area contributed by atoms with E-state index in [9.17, 15) is 9.59 Å². The summed E-state index contributed by atoms with van der Waals surface area (Å²) < 4.78 is 5.35. The van der Waals surface area contributed by atoms with Crippen molar-refractivity contribution in [2.24, 2.45) is 0 Å². The number of para-hydroxylation sites is 1. The molecule has 5 rings (SSSR count). The Morgan fingerprint density at radius 3 is 2.52 bits per heavy atom. The first-order chi connectivity index (χ1) is 16.1. The third-order valence-corrected chi connectivity index (χ3v) is 7.02. The standard InChI is InChI=1S/C26H32N4O3/c1-27-10-12-28(13-11-27)24-5-3-2-4-20(24)8-9-30-19-22-18-21(6-7-23(22)26(30)32)25(31)29-14-16-33-17-15-29/h2-7,18H,8-17,19H2,1H3. The number of amides is 2. The molecule has 2 aromatic rings. The van der Waals surface area contributed by atoms with E-state index in [1.165, 1.54) is 11.3 Å². The Kier molecular flexibility index (Phi) is 6.33. The van der Waals surface area contributed by atoms with Gasteiger partial charge in [0, 0.05) is 69.2 Å². The highest BCUT2D eigenvalue weighted by molar-refractivity contribution is 6.01. The number of ether oxygens (including phenoxy) is 1. The summed E-state index contributed by atoms with van der Waals surface area (Å²) >= 11 is 0. The van der Waals surface area contributed by atoms with Crippen LogP contribution >= 0.6 is 0 Å². The van der Waals surface area contributed by atoms with Crippen LogP contribution in [0.15, 0.2) is 42.5 Å². The number of piperazine rings is 1.